The van der Waals surface area contributed by atoms with Gasteiger partial charge in [-0.05, 0) is 6.07 Å². The minimum atomic E-state index is -5.08. The van der Waals surface area contributed by atoms with Crippen LogP contribution in [0.4, 0.5) is 13.2 Å². The third-order valence-corrected chi connectivity index (χ3v) is 0.825. The van der Waals surface area contributed by atoms with Crippen molar-refractivity contribution in [3.63, 3.8) is 0 Å². The minimum absolute atomic E-state index is 0.164. The van der Waals surface area contributed by atoms with Gasteiger partial charge in [-0.25, -0.2) is 9.89 Å². The third kappa shape index (κ3) is 5.75. The summed E-state index contributed by atoms with van der Waals surface area (Å²) in [6, 6.07) is 2.99. The van der Waals surface area contributed by atoms with Gasteiger partial charge in [0, 0.05) is 12.3 Å². The van der Waals surface area contributed by atoms with Gasteiger partial charge in [-0.2, -0.15) is 18.3 Å². The van der Waals surface area contributed by atoms with Crippen molar-refractivity contribution in [3.05, 3.63) is 28.7 Å². The predicted molar refractivity (Wildman–Crippen MR) is 38.5 cm³/mol. The Kier molecular flexibility index (Phi) is 4.33. The fraction of sp³-hybridized carbons (Fsp3) is 0.167. The molecule has 0 amide bonds. The fourth-order valence-corrected chi connectivity index (χ4v) is 0.312. The zero-order chi connectivity index (χ0) is 11.2. The van der Waals surface area contributed by atoms with E-state index in [0.29, 0.717) is 0 Å². The van der Waals surface area contributed by atoms with Crippen LogP contribution < -0.4 is 5.56 Å². The summed E-state index contributed by atoms with van der Waals surface area (Å²) in [6.45, 7) is 0. The molecular weight excluding hydrogens is 205 g/mol. The van der Waals surface area contributed by atoms with Gasteiger partial charge in [0.25, 0.3) is 5.56 Å². The average Bonchev–Trinajstić information content (AvgIpc) is 2.04. The van der Waals surface area contributed by atoms with E-state index in [4.69, 9.17) is 9.90 Å². The lowest BCUT2D eigenvalue weighted by molar-refractivity contribution is -0.192. The number of nitrogens with zero attached hydrogens (tertiary/aromatic N) is 1. The second-order valence-electron chi connectivity index (χ2n) is 1.92. The molecule has 78 valence electrons. The molecule has 0 bridgehead atoms. The van der Waals surface area contributed by atoms with Crippen molar-refractivity contribution in [2.75, 3.05) is 0 Å². The highest BCUT2D eigenvalue weighted by molar-refractivity contribution is 5.73. The maximum absolute atomic E-state index is 10.6. The van der Waals surface area contributed by atoms with Crippen molar-refractivity contribution in [1.82, 2.24) is 10.2 Å². The van der Waals surface area contributed by atoms with Crippen LogP contribution in [0.25, 0.3) is 0 Å². The molecule has 1 rings (SSSR count). The minimum Gasteiger partial charge on any atom is -0.475 e. The molecule has 5 nitrogen and oxygen atoms in total. The van der Waals surface area contributed by atoms with E-state index in [-0.39, 0.29) is 5.56 Å². The Morgan fingerprint density at radius 1 is 1.50 bits per heavy atom. The van der Waals surface area contributed by atoms with Crippen LogP contribution in [0.1, 0.15) is 0 Å². The van der Waals surface area contributed by atoms with Crippen molar-refractivity contribution >= 4 is 5.97 Å². The molecule has 0 fully saturated rings. The van der Waals surface area contributed by atoms with Crippen molar-refractivity contribution in [3.8, 4) is 0 Å². The van der Waals surface area contributed by atoms with Gasteiger partial charge >= 0.3 is 12.1 Å². The number of hydrogen-bond donors (Lipinski definition) is 2. The maximum atomic E-state index is 10.6. The quantitative estimate of drug-likeness (QED) is 0.649. The van der Waals surface area contributed by atoms with E-state index in [1.165, 1.54) is 12.3 Å². The van der Waals surface area contributed by atoms with Crippen molar-refractivity contribution in [1.29, 1.82) is 0 Å². The summed E-state index contributed by atoms with van der Waals surface area (Å²) >= 11 is 0. The number of aromatic nitrogens is 2. The number of carboxylic acids is 1. The lowest BCUT2D eigenvalue weighted by Gasteiger charge is -1.93. The number of halogens is 3. The SMILES string of the molecule is O=C(O)C(F)(F)F.O=c1cccn[nH]1. The molecule has 0 aliphatic rings. The average molecular weight is 210 g/mol. The van der Waals surface area contributed by atoms with Crippen LogP contribution in [-0.4, -0.2) is 27.4 Å². The van der Waals surface area contributed by atoms with Crippen LogP contribution >= 0.6 is 0 Å². The van der Waals surface area contributed by atoms with Crippen molar-refractivity contribution in [2.24, 2.45) is 0 Å². The highest BCUT2D eigenvalue weighted by Gasteiger charge is 2.38. The number of H-pyrrole nitrogens is 1. The second kappa shape index (κ2) is 5.00. The Balaban J connectivity index is 0.000000241. The van der Waals surface area contributed by atoms with Crippen LogP contribution in [0.3, 0.4) is 0 Å². The molecule has 0 spiro atoms. The van der Waals surface area contributed by atoms with Crippen LogP contribution in [-0.2, 0) is 4.79 Å². The van der Waals surface area contributed by atoms with E-state index < -0.39 is 12.1 Å². The largest absolute Gasteiger partial charge is 0.490 e. The van der Waals surface area contributed by atoms with Gasteiger partial charge in [0.05, 0.1) is 0 Å². The van der Waals surface area contributed by atoms with E-state index in [1.807, 2.05) is 0 Å². The number of alkyl halides is 3. The molecule has 0 atom stereocenters. The van der Waals surface area contributed by atoms with Crippen molar-refractivity contribution in [2.45, 2.75) is 6.18 Å². The molecule has 0 unspecified atom stereocenters. The summed E-state index contributed by atoms with van der Waals surface area (Å²) in [4.78, 5) is 19.0. The molecule has 0 aliphatic carbocycles. The topological polar surface area (TPSA) is 83.0 Å². The Morgan fingerprint density at radius 2 is 2.00 bits per heavy atom. The van der Waals surface area contributed by atoms with Gasteiger partial charge < -0.3 is 5.11 Å². The van der Waals surface area contributed by atoms with Gasteiger partial charge in [-0.15, -0.1) is 0 Å². The van der Waals surface area contributed by atoms with Crippen LogP contribution in [0, 0.1) is 0 Å². The van der Waals surface area contributed by atoms with Crippen molar-refractivity contribution < 1.29 is 23.1 Å². The molecule has 0 radical (unpaired) electrons. The number of hydrogen-bond acceptors (Lipinski definition) is 3. The lowest BCUT2D eigenvalue weighted by atomic mass is 10.6. The van der Waals surface area contributed by atoms with Crippen LogP contribution in [0.15, 0.2) is 23.1 Å². The van der Waals surface area contributed by atoms with E-state index >= 15 is 0 Å². The number of aromatic amines is 1. The Morgan fingerprint density at radius 3 is 2.14 bits per heavy atom. The molecular formula is C6H5F3N2O3. The number of nitrogens with one attached hydrogen (secondary N) is 1. The molecule has 8 heteroatoms. The number of aliphatic carboxylic acids is 1. The highest BCUT2D eigenvalue weighted by Crippen LogP contribution is 2.13. The molecule has 14 heavy (non-hydrogen) atoms. The van der Waals surface area contributed by atoms with Gasteiger partial charge in [0.1, 0.15) is 0 Å². The van der Waals surface area contributed by atoms with E-state index in [1.54, 1.807) is 6.07 Å². The van der Waals surface area contributed by atoms with Crippen LogP contribution in [0.5, 0.6) is 0 Å². The summed E-state index contributed by atoms with van der Waals surface area (Å²) in [6.07, 6.45) is -3.57. The summed E-state index contributed by atoms with van der Waals surface area (Å²) < 4.78 is 31.7. The summed E-state index contributed by atoms with van der Waals surface area (Å²) in [7, 11) is 0. The third-order valence-electron chi connectivity index (χ3n) is 0.825. The summed E-state index contributed by atoms with van der Waals surface area (Å²) in [5, 5.41) is 12.8. The molecule has 0 aliphatic heterocycles. The standard InChI is InChI=1S/C4H4N2O.C2HF3O2/c7-4-2-1-3-5-6-4;3-2(4,5)1(6)7/h1-3H,(H,6,7);(H,6,7). The second-order valence-corrected chi connectivity index (χ2v) is 1.92. The van der Waals surface area contributed by atoms with Gasteiger partial charge in [-0.3, -0.25) is 4.79 Å². The predicted octanol–water partition coefficient (Wildman–Crippen LogP) is 0.403. The zero-order valence-corrected chi connectivity index (χ0v) is 6.58. The monoisotopic (exact) mass is 210 g/mol. The first kappa shape index (κ1) is 12.1. The van der Waals surface area contributed by atoms with Gasteiger partial charge in [-0.1, -0.05) is 0 Å². The van der Waals surface area contributed by atoms with Gasteiger partial charge in [0.2, 0.25) is 0 Å². The smallest absolute Gasteiger partial charge is 0.475 e. The summed E-state index contributed by atoms with van der Waals surface area (Å²) in [5.74, 6) is -2.76. The molecule has 1 aromatic rings. The Labute approximate surface area is 75.2 Å². The molecule has 1 aromatic heterocycles. The molecule has 0 saturated heterocycles. The molecule has 0 aromatic carbocycles. The Bertz CT molecular complexity index is 329. The lowest BCUT2D eigenvalue weighted by Crippen LogP contribution is -2.21. The van der Waals surface area contributed by atoms with E-state index in [0.717, 1.165) is 0 Å². The summed E-state index contributed by atoms with van der Waals surface area (Å²) in [5.41, 5.74) is -0.164. The molecule has 0 saturated carbocycles. The normalized spacial score (nSPS) is 9.93. The zero-order valence-electron chi connectivity index (χ0n) is 6.58. The number of carbonyl (C=O) groups is 1. The maximum Gasteiger partial charge on any atom is 0.490 e. The number of carboxylic acid groups (broad SMARTS) is 1. The molecule has 1 heterocycles. The first-order valence-corrected chi connectivity index (χ1v) is 3.14. The van der Waals surface area contributed by atoms with Crippen LogP contribution in [0.2, 0.25) is 0 Å². The highest BCUT2D eigenvalue weighted by atomic mass is 19.4. The molecule has 2 N–H and O–H groups in total. The number of rotatable bonds is 0. The van der Waals surface area contributed by atoms with Gasteiger partial charge in [0.15, 0.2) is 0 Å². The van der Waals surface area contributed by atoms with E-state index in [9.17, 15) is 18.0 Å². The fourth-order valence-electron chi connectivity index (χ4n) is 0.312. The van der Waals surface area contributed by atoms with E-state index in [2.05, 4.69) is 10.2 Å². The first-order chi connectivity index (χ1) is 6.34. The first-order valence-electron chi connectivity index (χ1n) is 3.14. The Hall–Kier alpha value is -1.86.